The van der Waals surface area contributed by atoms with Gasteiger partial charge in [0, 0.05) is 12.8 Å². The number of likely N-dealkylation sites (N-methyl/N-ethyl adjacent to an activating group) is 1. The van der Waals surface area contributed by atoms with Crippen LogP contribution in [0.1, 0.15) is 278 Å². The second-order valence-electron chi connectivity index (χ2n) is 23.6. The number of unbranched alkanes of at least 4 members (excludes halogenated alkanes) is 26. The molecule has 0 spiro atoms. The molecule has 0 aromatic heterocycles. The van der Waals surface area contributed by atoms with Gasteiger partial charge >= 0.3 is 5.97 Å². The Bertz CT molecular complexity index is 1830. The Balaban J connectivity index is 5.25. The van der Waals surface area contributed by atoms with E-state index in [4.69, 9.17) is 13.8 Å². The van der Waals surface area contributed by atoms with Crippen molar-refractivity contribution in [2.75, 3.05) is 40.9 Å². The molecular formula is C73H127N2O7P. The number of ether oxygens (including phenoxy) is 1. The van der Waals surface area contributed by atoms with Crippen LogP contribution in [0, 0.1) is 0 Å². The summed E-state index contributed by atoms with van der Waals surface area (Å²) in [4.78, 5) is 40.1. The summed E-state index contributed by atoms with van der Waals surface area (Å²) < 4.78 is 30.3. The minimum atomic E-state index is -4.73. The van der Waals surface area contributed by atoms with Crippen LogP contribution >= 0.6 is 7.82 Å². The summed E-state index contributed by atoms with van der Waals surface area (Å²) in [7, 11) is 1.13. The van der Waals surface area contributed by atoms with E-state index in [9.17, 15) is 19.0 Å². The van der Waals surface area contributed by atoms with Gasteiger partial charge in [-0.2, -0.15) is 0 Å². The van der Waals surface area contributed by atoms with E-state index in [0.717, 1.165) is 89.9 Å². The van der Waals surface area contributed by atoms with Crippen molar-refractivity contribution in [1.82, 2.24) is 5.32 Å². The number of nitrogens with one attached hydrogen (secondary N) is 1. The Morgan fingerprint density at radius 1 is 0.434 bits per heavy atom. The fourth-order valence-corrected chi connectivity index (χ4v) is 9.92. The Hall–Kier alpha value is -3.59. The molecule has 0 fully saturated rings. The molecule has 1 amide bonds. The number of amides is 1. The summed E-state index contributed by atoms with van der Waals surface area (Å²) in [6, 6.07) is -0.938. The highest BCUT2D eigenvalue weighted by molar-refractivity contribution is 7.45. The first-order chi connectivity index (χ1) is 40.4. The van der Waals surface area contributed by atoms with Crippen molar-refractivity contribution >= 4 is 19.7 Å². The fourth-order valence-electron chi connectivity index (χ4n) is 9.20. The van der Waals surface area contributed by atoms with Gasteiger partial charge < -0.3 is 28.5 Å². The van der Waals surface area contributed by atoms with Crippen molar-refractivity contribution in [1.29, 1.82) is 0 Å². The maximum absolute atomic E-state index is 13.5. The normalized spacial score (nSPS) is 14.3. The molecule has 0 bridgehead atoms. The number of phosphoric ester groups is 1. The molecule has 0 radical (unpaired) electrons. The zero-order valence-corrected chi connectivity index (χ0v) is 55.3. The maximum atomic E-state index is 13.5. The lowest BCUT2D eigenvalue weighted by molar-refractivity contribution is -0.870. The minimum Gasteiger partial charge on any atom is -0.756 e. The number of hydrogen-bond donors (Lipinski definition) is 1. The van der Waals surface area contributed by atoms with E-state index in [1.165, 1.54) is 141 Å². The van der Waals surface area contributed by atoms with Crippen LogP contribution in [0.3, 0.4) is 0 Å². The van der Waals surface area contributed by atoms with E-state index >= 15 is 0 Å². The minimum absolute atomic E-state index is 0.0416. The van der Waals surface area contributed by atoms with Crippen molar-refractivity contribution in [3.63, 3.8) is 0 Å². The van der Waals surface area contributed by atoms with Gasteiger partial charge in [-0.3, -0.25) is 14.2 Å². The molecule has 3 unspecified atom stereocenters. The molecule has 0 aromatic carbocycles. The number of esters is 1. The molecule has 0 saturated heterocycles. The van der Waals surface area contributed by atoms with Gasteiger partial charge in [0.15, 0.2) is 0 Å². The lowest BCUT2D eigenvalue weighted by Crippen LogP contribution is -2.47. The highest BCUT2D eigenvalue weighted by Gasteiger charge is 2.27. The van der Waals surface area contributed by atoms with Gasteiger partial charge in [-0.25, -0.2) is 0 Å². The maximum Gasteiger partial charge on any atom is 0.306 e. The summed E-state index contributed by atoms with van der Waals surface area (Å²) >= 11 is 0. The molecule has 0 aliphatic heterocycles. The molecule has 0 rings (SSSR count). The van der Waals surface area contributed by atoms with Crippen LogP contribution in [0.25, 0.3) is 0 Å². The lowest BCUT2D eigenvalue weighted by Gasteiger charge is -2.30. The number of carbonyl (C=O) groups is 2. The van der Waals surface area contributed by atoms with Crippen LogP contribution in [0.4, 0.5) is 0 Å². The number of nitrogens with zero attached hydrogens (tertiary/aromatic N) is 1. The zero-order valence-electron chi connectivity index (χ0n) is 54.4. The molecule has 476 valence electrons. The fraction of sp³-hybridized carbons (Fsp3) is 0.699. The molecule has 10 heteroatoms. The molecule has 0 aliphatic rings. The first kappa shape index (κ1) is 79.4. The monoisotopic (exact) mass is 1170 g/mol. The predicted molar refractivity (Wildman–Crippen MR) is 357 cm³/mol. The molecule has 0 heterocycles. The highest BCUT2D eigenvalue weighted by atomic mass is 31.2. The van der Waals surface area contributed by atoms with Crippen LogP contribution in [-0.4, -0.2) is 69.4 Å². The molecular weight excluding hydrogens is 1050 g/mol. The van der Waals surface area contributed by atoms with Crippen LogP contribution in [0.2, 0.25) is 0 Å². The first-order valence-electron chi connectivity index (χ1n) is 33.8. The van der Waals surface area contributed by atoms with Crippen molar-refractivity contribution in [3.8, 4) is 0 Å². The zero-order chi connectivity index (χ0) is 60.7. The van der Waals surface area contributed by atoms with E-state index in [0.29, 0.717) is 23.9 Å². The van der Waals surface area contributed by atoms with Crippen LogP contribution in [-0.2, 0) is 27.9 Å². The molecule has 1 N–H and O–H groups in total. The Morgan fingerprint density at radius 3 is 1.20 bits per heavy atom. The number of phosphoric acid groups is 1. The van der Waals surface area contributed by atoms with Gasteiger partial charge in [0.1, 0.15) is 19.3 Å². The summed E-state index contributed by atoms with van der Waals surface area (Å²) in [5.41, 5.74) is 0. The topological polar surface area (TPSA) is 114 Å². The number of carbonyl (C=O) groups excluding carboxylic acids is 2. The molecule has 0 saturated carbocycles. The largest absolute Gasteiger partial charge is 0.756 e. The van der Waals surface area contributed by atoms with E-state index in [1.807, 2.05) is 45.4 Å². The second kappa shape index (κ2) is 61.5. The average Bonchev–Trinajstić information content (AvgIpc) is 3.47. The molecule has 83 heavy (non-hydrogen) atoms. The van der Waals surface area contributed by atoms with E-state index in [2.05, 4.69) is 123 Å². The van der Waals surface area contributed by atoms with Gasteiger partial charge in [0.25, 0.3) is 7.82 Å². The number of hydrogen-bond acceptors (Lipinski definition) is 7. The third kappa shape index (κ3) is 62.8. The van der Waals surface area contributed by atoms with Crippen molar-refractivity contribution < 1.29 is 37.3 Å². The first-order valence-corrected chi connectivity index (χ1v) is 35.3. The Kier molecular flexibility index (Phi) is 58.8. The lowest BCUT2D eigenvalue weighted by atomic mass is 10.0. The van der Waals surface area contributed by atoms with Crippen molar-refractivity contribution in [2.24, 2.45) is 0 Å². The third-order valence-electron chi connectivity index (χ3n) is 14.4. The third-order valence-corrected chi connectivity index (χ3v) is 15.4. The predicted octanol–water partition coefficient (Wildman–Crippen LogP) is 20.8. The van der Waals surface area contributed by atoms with Gasteiger partial charge in [0.05, 0.1) is 33.8 Å². The van der Waals surface area contributed by atoms with Crippen LogP contribution in [0.15, 0.2) is 122 Å². The molecule has 9 nitrogen and oxygen atoms in total. The quantitative estimate of drug-likeness (QED) is 0.0212. The summed E-state index contributed by atoms with van der Waals surface area (Å²) in [6.07, 6.45) is 86.2. The standard InChI is InChI=1S/C73H127N2O7P/c1-7-10-13-16-19-22-25-28-30-32-34-35-36-37-38-39-41-43-45-48-51-54-57-60-63-66-73(77)82-71(64-61-58-55-52-49-46-27-24-21-18-15-12-9-3)70(69-81-83(78,79)80-68-67-75(4,5)6)74-72(76)65-62-59-56-53-50-47-44-42-40-33-31-29-26-23-20-17-14-11-8-2/h11,14,19-20,22-23,28-31,34-35,40,42,47,50,56,59,61,64,70-71H,7-10,12-13,15-18,21,24-27,32-33,36-39,41,43-46,48-49,51-55,57-58,60,62-63,65-69H2,1-6H3,(H-,74,76,78,79)/b14-11-,22-19-,23-20-,30-28-,31-29-,35-34-,42-40-,50-47-,59-56-,64-61-. The SMILES string of the molecule is CC/C=C\C/C=C\C/C=C\C/C=C\C/C=C\C/C=C\CCC(=O)NC(COP(=O)([O-])OCC[N+](C)(C)C)C(/C=C\CCCCCCCCCCCCC)OC(=O)CCCCCCCCCCCCCC/C=C\C/C=C\C/C=C\CCCCC. The van der Waals surface area contributed by atoms with Gasteiger partial charge in [-0.15, -0.1) is 0 Å². The molecule has 3 atom stereocenters. The summed E-state index contributed by atoms with van der Waals surface area (Å²) in [5.74, 6) is -0.643. The highest BCUT2D eigenvalue weighted by Crippen LogP contribution is 2.38. The smallest absolute Gasteiger partial charge is 0.306 e. The Labute approximate surface area is 512 Å². The van der Waals surface area contributed by atoms with E-state index in [1.54, 1.807) is 0 Å². The van der Waals surface area contributed by atoms with Gasteiger partial charge in [-0.05, 0) is 109 Å². The second-order valence-corrected chi connectivity index (χ2v) is 25.0. The van der Waals surface area contributed by atoms with Crippen molar-refractivity contribution in [2.45, 2.75) is 290 Å². The van der Waals surface area contributed by atoms with E-state index < -0.39 is 26.6 Å². The van der Waals surface area contributed by atoms with Crippen LogP contribution < -0.4 is 10.2 Å². The molecule has 0 aromatic rings. The number of allylic oxidation sites excluding steroid dienone is 19. The number of rotatable bonds is 60. The molecule has 0 aliphatic carbocycles. The van der Waals surface area contributed by atoms with Gasteiger partial charge in [-0.1, -0.05) is 277 Å². The Morgan fingerprint density at radius 2 is 0.783 bits per heavy atom. The van der Waals surface area contributed by atoms with Gasteiger partial charge in [0.2, 0.25) is 5.91 Å². The summed E-state index contributed by atoms with van der Waals surface area (Å²) in [5, 5.41) is 2.98. The number of quaternary nitrogens is 1. The van der Waals surface area contributed by atoms with Crippen molar-refractivity contribution in [3.05, 3.63) is 122 Å². The van der Waals surface area contributed by atoms with E-state index in [-0.39, 0.29) is 31.3 Å². The van der Waals surface area contributed by atoms with Crippen LogP contribution in [0.5, 0.6) is 0 Å². The average molecular weight is 1180 g/mol. The summed E-state index contributed by atoms with van der Waals surface area (Å²) in [6.45, 7) is 6.65.